The first-order chi connectivity index (χ1) is 12.8. The molecule has 1 saturated carbocycles. The lowest BCUT2D eigenvalue weighted by atomic mass is 10.1. The van der Waals surface area contributed by atoms with Gasteiger partial charge < -0.3 is 19.3 Å². The van der Waals surface area contributed by atoms with E-state index in [4.69, 9.17) is 4.74 Å². The normalized spacial score (nSPS) is 14.1. The predicted octanol–water partition coefficient (Wildman–Crippen LogP) is 3.80. The number of rotatable bonds is 4. The fourth-order valence-corrected chi connectivity index (χ4v) is 4.39. The molecule has 0 saturated heterocycles. The van der Waals surface area contributed by atoms with Crippen molar-refractivity contribution in [1.29, 1.82) is 5.26 Å². The second-order valence-electron chi connectivity index (χ2n) is 6.58. The zero-order valence-electron chi connectivity index (χ0n) is 14.5. The molecule has 2 aromatic heterocycles. The molecule has 0 atom stereocenters. The topological polar surface area (TPSA) is 78.5 Å². The number of fused-ring (bicyclic) bond motifs is 2. The van der Waals surface area contributed by atoms with Gasteiger partial charge in [0.25, 0.3) is 0 Å². The van der Waals surface area contributed by atoms with E-state index in [1.54, 1.807) is 35.7 Å². The van der Waals surface area contributed by atoms with Crippen LogP contribution in [0.1, 0.15) is 23.8 Å². The van der Waals surface area contributed by atoms with Gasteiger partial charge in [0.1, 0.15) is 21.2 Å². The van der Waals surface area contributed by atoms with Gasteiger partial charge in [0.2, 0.25) is 5.43 Å². The molecule has 0 radical (unpaired) electrons. The Balaban J connectivity index is 2.25. The number of aromatic nitrogens is 1. The molecule has 9 heteroatoms. The lowest BCUT2D eigenvalue weighted by Crippen LogP contribution is -2.16. The summed E-state index contributed by atoms with van der Waals surface area (Å²) in [5.74, 6) is -0.434. The van der Waals surface area contributed by atoms with Crippen molar-refractivity contribution in [3.63, 3.8) is 0 Å². The lowest BCUT2D eigenvalue weighted by molar-refractivity contribution is -0.0486. The average Bonchev–Trinajstić information content (AvgIpc) is 3.38. The third-order valence-corrected chi connectivity index (χ3v) is 5.69. The Labute approximate surface area is 156 Å². The fourth-order valence-electron chi connectivity index (χ4n) is 3.32. The van der Waals surface area contributed by atoms with E-state index in [1.165, 1.54) is 0 Å². The smallest absolute Gasteiger partial charge is 0.387 e. The number of anilines is 1. The minimum Gasteiger partial charge on any atom is -0.505 e. The minimum absolute atomic E-state index is 0.00220. The van der Waals surface area contributed by atoms with Crippen molar-refractivity contribution >= 4 is 38.1 Å². The Morgan fingerprint density at radius 3 is 2.67 bits per heavy atom. The monoisotopic (exact) mass is 391 g/mol. The standard InChI is InChI=1S/C18H15F2N3O3S/c1-22(2)10-6-5-9-13(16(10)26-18(19)20)23(8-3-4-8)17-12(14(9)24)15(25)11(7-21)27-17/h5-6,8,18,25H,3-4H2,1-2H3. The Kier molecular flexibility index (Phi) is 3.96. The van der Waals surface area contributed by atoms with Crippen LogP contribution < -0.4 is 15.1 Å². The van der Waals surface area contributed by atoms with E-state index in [0.29, 0.717) is 10.5 Å². The molecule has 0 amide bonds. The summed E-state index contributed by atoms with van der Waals surface area (Å²) in [6.07, 6.45) is 1.63. The van der Waals surface area contributed by atoms with Crippen molar-refractivity contribution in [2.75, 3.05) is 19.0 Å². The summed E-state index contributed by atoms with van der Waals surface area (Å²) in [6, 6.07) is 4.97. The van der Waals surface area contributed by atoms with Gasteiger partial charge in [-0.25, -0.2) is 0 Å². The Hall–Kier alpha value is -2.86. The van der Waals surface area contributed by atoms with Crippen LogP contribution in [0.25, 0.3) is 21.1 Å². The van der Waals surface area contributed by atoms with Gasteiger partial charge in [-0.2, -0.15) is 14.0 Å². The van der Waals surface area contributed by atoms with Crippen LogP contribution in [-0.2, 0) is 0 Å². The average molecular weight is 391 g/mol. The largest absolute Gasteiger partial charge is 0.505 e. The van der Waals surface area contributed by atoms with E-state index < -0.39 is 12.0 Å². The molecule has 0 bridgehead atoms. The molecule has 6 nitrogen and oxygen atoms in total. The summed E-state index contributed by atoms with van der Waals surface area (Å²) in [5, 5.41) is 19.8. The molecule has 0 spiro atoms. The lowest BCUT2D eigenvalue weighted by Gasteiger charge is -2.22. The highest BCUT2D eigenvalue weighted by Gasteiger charge is 2.32. The van der Waals surface area contributed by atoms with Crippen molar-refractivity contribution in [1.82, 2.24) is 4.57 Å². The minimum atomic E-state index is -3.06. The Morgan fingerprint density at radius 2 is 2.11 bits per heavy atom. The number of halogens is 2. The number of nitrogens with zero attached hydrogens (tertiary/aromatic N) is 3. The predicted molar refractivity (Wildman–Crippen MR) is 99.2 cm³/mol. The van der Waals surface area contributed by atoms with Crippen molar-refractivity contribution in [2.24, 2.45) is 0 Å². The van der Waals surface area contributed by atoms with Gasteiger partial charge in [-0.1, -0.05) is 0 Å². The van der Waals surface area contributed by atoms with Gasteiger partial charge in [-0.3, -0.25) is 4.79 Å². The van der Waals surface area contributed by atoms with Gasteiger partial charge in [-0.15, -0.1) is 11.3 Å². The quantitative estimate of drug-likeness (QED) is 0.732. The van der Waals surface area contributed by atoms with Crippen LogP contribution in [0.3, 0.4) is 0 Å². The maximum Gasteiger partial charge on any atom is 0.387 e. The van der Waals surface area contributed by atoms with E-state index >= 15 is 0 Å². The molecule has 1 aromatic carbocycles. The molecular formula is C18H15F2N3O3S. The van der Waals surface area contributed by atoms with Crippen LogP contribution in [-0.4, -0.2) is 30.4 Å². The van der Waals surface area contributed by atoms with E-state index in [2.05, 4.69) is 0 Å². The highest BCUT2D eigenvalue weighted by atomic mass is 32.1. The SMILES string of the molecule is CN(C)c1ccc2c(=O)c3c(O)c(C#N)sc3n(C3CC3)c2c1OC(F)F. The Morgan fingerprint density at radius 1 is 1.41 bits per heavy atom. The molecular weight excluding hydrogens is 376 g/mol. The van der Waals surface area contributed by atoms with Crippen LogP contribution in [0.5, 0.6) is 11.5 Å². The summed E-state index contributed by atoms with van der Waals surface area (Å²) in [6.45, 7) is -3.06. The number of benzene rings is 1. The van der Waals surface area contributed by atoms with E-state index in [9.17, 15) is 23.9 Å². The van der Waals surface area contributed by atoms with Gasteiger partial charge in [0, 0.05) is 20.1 Å². The van der Waals surface area contributed by atoms with Gasteiger partial charge in [0.15, 0.2) is 11.5 Å². The zero-order valence-corrected chi connectivity index (χ0v) is 15.3. The highest BCUT2D eigenvalue weighted by molar-refractivity contribution is 7.19. The number of alkyl halides is 2. The number of aromatic hydroxyl groups is 1. The third-order valence-electron chi connectivity index (χ3n) is 4.61. The molecule has 1 fully saturated rings. The molecule has 140 valence electrons. The van der Waals surface area contributed by atoms with Crippen LogP contribution in [0.4, 0.5) is 14.5 Å². The maximum absolute atomic E-state index is 13.2. The summed E-state index contributed by atoms with van der Waals surface area (Å²) in [7, 11) is 3.39. The second-order valence-corrected chi connectivity index (χ2v) is 7.58. The summed E-state index contributed by atoms with van der Waals surface area (Å²) in [4.78, 5) is 15.1. The van der Waals surface area contributed by atoms with Crippen molar-refractivity contribution in [3.8, 4) is 17.6 Å². The number of hydrogen-bond donors (Lipinski definition) is 1. The summed E-state index contributed by atoms with van der Waals surface area (Å²) >= 11 is 0.985. The zero-order chi connectivity index (χ0) is 19.5. The Bertz CT molecular complexity index is 1170. The van der Waals surface area contributed by atoms with E-state index in [1.807, 2.05) is 6.07 Å². The van der Waals surface area contributed by atoms with Gasteiger partial charge >= 0.3 is 6.61 Å². The van der Waals surface area contributed by atoms with Crippen LogP contribution >= 0.6 is 11.3 Å². The van der Waals surface area contributed by atoms with Crippen LogP contribution in [0.2, 0.25) is 0 Å². The number of pyridine rings is 1. The second kappa shape index (κ2) is 6.09. The molecule has 2 heterocycles. The van der Waals surface area contributed by atoms with E-state index in [0.717, 1.165) is 24.2 Å². The first-order valence-corrected chi connectivity index (χ1v) is 9.05. The van der Waals surface area contributed by atoms with Gasteiger partial charge in [0.05, 0.1) is 16.6 Å². The molecule has 4 rings (SSSR count). The molecule has 1 N–H and O–H groups in total. The molecule has 27 heavy (non-hydrogen) atoms. The summed E-state index contributed by atoms with van der Waals surface area (Å²) in [5.41, 5.74) is 0.182. The van der Waals surface area contributed by atoms with Crippen LogP contribution in [0, 0.1) is 11.3 Å². The maximum atomic E-state index is 13.2. The van der Waals surface area contributed by atoms with Crippen molar-refractivity contribution < 1.29 is 18.6 Å². The van der Waals surface area contributed by atoms with Crippen molar-refractivity contribution in [2.45, 2.75) is 25.5 Å². The van der Waals surface area contributed by atoms with Gasteiger partial charge in [-0.05, 0) is 25.0 Å². The third kappa shape index (κ3) is 2.59. The summed E-state index contributed by atoms with van der Waals surface area (Å²) < 4.78 is 33.0. The number of ether oxygens (including phenoxy) is 1. The number of nitriles is 1. The molecule has 3 aromatic rings. The molecule has 1 aliphatic rings. The first kappa shape index (κ1) is 17.5. The van der Waals surface area contributed by atoms with Crippen LogP contribution in [0.15, 0.2) is 16.9 Å². The molecule has 0 aliphatic heterocycles. The fraction of sp³-hybridized carbons (Fsp3) is 0.333. The van der Waals surface area contributed by atoms with Crippen molar-refractivity contribution in [3.05, 3.63) is 27.2 Å². The molecule has 1 aliphatic carbocycles. The van der Waals surface area contributed by atoms with E-state index in [-0.39, 0.29) is 38.7 Å². The highest BCUT2D eigenvalue weighted by Crippen LogP contribution is 2.47. The number of hydrogen-bond acceptors (Lipinski definition) is 6. The number of thiophene rings is 1. The molecule has 0 unspecified atom stereocenters. The first-order valence-electron chi connectivity index (χ1n) is 8.24.